The first kappa shape index (κ1) is 14.8. The lowest BCUT2D eigenvalue weighted by molar-refractivity contribution is -0.119. The van der Waals surface area contributed by atoms with Gasteiger partial charge in [0.25, 0.3) is 0 Å². The van der Waals surface area contributed by atoms with Crippen LogP contribution in [0.1, 0.15) is 51.0 Å². The third-order valence-corrected chi connectivity index (χ3v) is 3.60. The van der Waals surface area contributed by atoms with Crippen molar-refractivity contribution in [3.8, 4) is 0 Å². The molecule has 1 fully saturated rings. The Kier molecular flexibility index (Phi) is 4.57. The minimum Gasteiger partial charge on any atom is -0.356 e. The molecule has 2 rings (SSSR count). The number of carbonyl (C=O) groups excluding carboxylic acids is 1. The molecule has 2 heterocycles. The van der Waals surface area contributed by atoms with Crippen LogP contribution in [0.15, 0.2) is 6.07 Å². The summed E-state index contributed by atoms with van der Waals surface area (Å²) in [6.07, 6.45) is 1.94. The van der Waals surface area contributed by atoms with Gasteiger partial charge in [0.15, 0.2) is 0 Å². The molecular weight excluding hydrogens is 252 g/mol. The van der Waals surface area contributed by atoms with Crippen LogP contribution >= 0.6 is 0 Å². The Labute approximate surface area is 120 Å². The van der Waals surface area contributed by atoms with Gasteiger partial charge in [-0.2, -0.15) is 0 Å². The summed E-state index contributed by atoms with van der Waals surface area (Å²) >= 11 is 0. The highest BCUT2D eigenvalue weighted by atomic mass is 16.1. The van der Waals surface area contributed by atoms with Gasteiger partial charge in [0.05, 0.1) is 0 Å². The number of nitrogens with zero attached hydrogens (tertiary/aromatic N) is 3. The molecule has 0 atom stereocenters. The first-order valence-corrected chi connectivity index (χ1v) is 7.33. The molecule has 1 aliphatic heterocycles. The van der Waals surface area contributed by atoms with Gasteiger partial charge in [0.1, 0.15) is 11.6 Å². The molecule has 1 N–H and O–H groups in total. The van der Waals surface area contributed by atoms with Crippen molar-refractivity contribution in [1.29, 1.82) is 0 Å². The van der Waals surface area contributed by atoms with Crippen LogP contribution in [0.2, 0.25) is 0 Å². The summed E-state index contributed by atoms with van der Waals surface area (Å²) in [7, 11) is 0. The van der Waals surface area contributed by atoms with Gasteiger partial charge in [-0.1, -0.05) is 13.8 Å². The minimum absolute atomic E-state index is 0.0587. The predicted octanol–water partition coefficient (Wildman–Crippen LogP) is 2.01. The minimum atomic E-state index is 0.0587. The summed E-state index contributed by atoms with van der Waals surface area (Å²) in [6.45, 7) is 9.68. The topological polar surface area (TPSA) is 58.1 Å². The number of amides is 1. The SMILES string of the molecule is CC(=O)NC1CCN(c2cc(C)nc(C(C)C)n2)CC1. The first-order valence-electron chi connectivity index (χ1n) is 7.33. The molecule has 1 saturated heterocycles. The summed E-state index contributed by atoms with van der Waals surface area (Å²) in [5.41, 5.74) is 1.02. The number of piperidine rings is 1. The maximum atomic E-state index is 11.1. The molecular formula is C15H24N4O. The van der Waals surface area contributed by atoms with E-state index in [1.54, 1.807) is 6.92 Å². The van der Waals surface area contributed by atoms with E-state index in [-0.39, 0.29) is 5.91 Å². The average molecular weight is 276 g/mol. The van der Waals surface area contributed by atoms with Gasteiger partial charge < -0.3 is 10.2 Å². The zero-order chi connectivity index (χ0) is 14.7. The zero-order valence-corrected chi connectivity index (χ0v) is 12.8. The Balaban J connectivity index is 2.05. The number of rotatable bonds is 3. The number of hydrogen-bond donors (Lipinski definition) is 1. The Hall–Kier alpha value is -1.65. The summed E-state index contributed by atoms with van der Waals surface area (Å²) in [5, 5.41) is 3.00. The largest absolute Gasteiger partial charge is 0.356 e. The monoisotopic (exact) mass is 276 g/mol. The van der Waals surface area contributed by atoms with E-state index in [1.165, 1.54) is 0 Å². The van der Waals surface area contributed by atoms with E-state index in [4.69, 9.17) is 0 Å². The average Bonchev–Trinajstić information content (AvgIpc) is 2.38. The lowest BCUT2D eigenvalue weighted by Crippen LogP contribution is -2.44. The van der Waals surface area contributed by atoms with Crippen molar-refractivity contribution >= 4 is 11.7 Å². The van der Waals surface area contributed by atoms with Gasteiger partial charge in [0, 0.05) is 43.7 Å². The molecule has 1 aromatic rings. The van der Waals surface area contributed by atoms with Crippen molar-refractivity contribution in [1.82, 2.24) is 15.3 Å². The molecule has 0 saturated carbocycles. The second-order valence-electron chi connectivity index (χ2n) is 5.84. The Bertz CT molecular complexity index is 479. The molecule has 0 bridgehead atoms. The molecule has 0 aliphatic carbocycles. The summed E-state index contributed by atoms with van der Waals surface area (Å²) in [5.74, 6) is 2.32. The van der Waals surface area contributed by atoms with Crippen LogP contribution in [0, 0.1) is 6.92 Å². The van der Waals surface area contributed by atoms with Crippen molar-refractivity contribution in [3.05, 3.63) is 17.6 Å². The maximum absolute atomic E-state index is 11.1. The van der Waals surface area contributed by atoms with Gasteiger partial charge in [-0.05, 0) is 19.8 Å². The van der Waals surface area contributed by atoms with Gasteiger partial charge in [-0.3, -0.25) is 4.79 Å². The van der Waals surface area contributed by atoms with Gasteiger partial charge in [-0.15, -0.1) is 0 Å². The molecule has 0 spiro atoms. The first-order chi connectivity index (χ1) is 9.45. The van der Waals surface area contributed by atoms with Crippen LogP contribution in [0.3, 0.4) is 0 Å². The smallest absolute Gasteiger partial charge is 0.217 e. The van der Waals surface area contributed by atoms with Crippen molar-refractivity contribution in [2.24, 2.45) is 0 Å². The molecule has 0 aromatic carbocycles. The summed E-state index contributed by atoms with van der Waals surface area (Å²) < 4.78 is 0. The van der Waals surface area contributed by atoms with E-state index in [9.17, 15) is 4.79 Å². The van der Waals surface area contributed by atoms with E-state index in [1.807, 2.05) is 13.0 Å². The number of aromatic nitrogens is 2. The second-order valence-corrected chi connectivity index (χ2v) is 5.84. The van der Waals surface area contributed by atoms with E-state index in [2.05, 4.69) is 34.0 Å². The highest BCUT2D eigenvalue weighted by Gasteiger charge is 2.21. The highest BCUT2D eigenvalue weighted by molar-refractivity contribution is 5.73. The number of aryl methyl sites for hydroxylation is 1. The zero-order valence-electron chi connectivity index (χ0n) is 12.8. The molecule has 110 valence electrons. The molecule has 5 heteroatoms. The van der Waals surface area contributed by atoms with Crippen molar-refractivity contribution in [2.45, 2.75) is 52.5 Å². The normalized spacial score (nSPS) is 16.6. The summed E-state index contributed by atoms with van der Waals surface area (Å²) in [6, 6.07) is 2.35. The van der Waals surface area contributed by atoms with Crippen LogP contribution in [-0.2, 0) is 4.79 Å². The fraction of sp³-hybridized carbons (Fsp3) is 0.667. The van der Waals surface area contributed by atoms with Crippen LogP contribution < -0.4 is 10.2 Å². The lowest BCUT2D eigenvalue weighted by atomic mass is 10.0. The van der Waals surface area contributed by atoms with Crippen molar-refractivity contribution < 1.29 is 4.79 Å². The maximum Gasteiger partial charge on any atom is 0.217 e. The van der Waals surface area contributed by atoms with Crippen LogP contribution in [-0.4, -0.2) is 35.0 Å². The molecule has 0 radical (unpaired) electrons. The van der Waals surface area contributed by atoms with Gasteiger partial charge in [-0.25, -0.2) is 9.97 Å². The third-order valence-electron chi connectivity index (χ3n) is 3.60. The molecule has 1 aliphatic rings. The molecule has 0 unspecified atom stereocenters. The van der Waals surface area contributed by atoms with Gasteiger partial charge >= 0.3 is 0 Å². The summed E-state index contributed by atoms with van der Waals surface area (Å²) in [4.78, 5) is 22.5. The lowest BCUT2D eigenvalue weighted by Gasteiger charge is -2.33. The Morgan fingerprint density at radius 1 is 1.35 bits per heavy atom. The Morgan fingerprint density at radius 2 is 2.00 bits per heavy atom. The molecule has 1 amide bonds. The number of nitrogens with one attached hydrogen (secondary N) is 1. The Morgan fingerprint density at radius 3 is 2.55 bits per heavy atom. The third kappa shape index (κ3) is 3.68. The van der Waals surface area contributed by atoms with Crippen LogP contribution in [0.5, 0.6) is 0 Å². The van der Waals surface area contributed by atoms with Crippen LogP contribution in [0.4, 0.5) is 5.82 Å². The van der Waals surface area contributed by atoms with Crippen molar-refractivity contribution in [3.63, 3.8) is 0 Å². The van der Waals surface area contributed by atoms with E-state index < -0.39 is 0 Å². The van der Waals surface area contributed by atoms with E-state index >= 15 is 0 Å². The van der Waals surface area contributed by atoms with E-state index in [0.29, 0.717) is 12.0 Å². The standard InChI is InChI=1S/C15H24N4O/c1-10(2)15-16-11(3)9-14(18-15)19-7-5-13(6-8-19)17-12(4)20/h9-10,13H,5-8H2,1-4H3,(H,17,20). The quantitative estimate of drug-likeness (QED) is 0.917. The molecule has 5 nitrogen and oxygen atoms in total. The predicted molar refractivity (Wildman–Crippen MR) is 79.9 cm³/mol. The fourth-order valence-electron chi connectivity index (χ4n) is 2.54. The van der Waals surface area contributed by atoms with Crippen molar-refractivity contribution in [2.75, 3.05) is 18.0 Å². The number of carbonyl (C=O) groups is 1. The number of anilines is 1. The number of hydrogen-bond acceptors (Lipinski definition) is 4. The molecule has 1 aromatic heterocycles. The van der Waals surface area contributed by atoms with E-state index in [0.717, 1.165) is 43.3 Å². The van der Waals surface area contributed by atoms with Gasteiger partial charge in [0.2, 0.25) is 5.91 Å². The molecule has 20 heavy (non-hydrogen) atoms. The highest BCUT2D eigenvalue weighted by Crippen LogP contribution is 2.21. The van der Waals surface area contributed by atoms with Crippen LogP contribution in [0.25, 0.3) is 0 Å². The second kappa shape index (κ2) is 6.20. The fourth-order valence-corrected chi connectivity index (χ4v) is 2.54.